The van der Waals surface area contributed by atoms with E-state index in [0.29, 0.717) is 42.3 Å². The summed E-state index contributed by atoms with van der Waals surface area (Å²) in [7, 11) is 0. The molecule has 1 aliphatic carbocycles. The summed E-state index contributed by atoms with van der Waals surface area (Å²) in [6.07, 6.45) is 2.66. The molecule has 0 saturated heterocycles. The second-order valence-corrected chi connectivity index (χ2v) is 7.18. The van der Waals surface area contributed by atoms with Crippen molar-refractivity contribution in [3.05, 3.63) is 54.1 Å². The minimum atomic E-state index is -0.224. The first-order valence-electron chi connectivity index (χ1n) is 10.3. The van der Waals surface area contributed by atoms with Gasteiger partial charge in [-0.25, -0.2) is 0 Å². The summed E-state index contributed by atoms with van der Waals surface area (Å²) in [5.41, 5.74) is 1.78. The van der Waals surface area contributed by atoms with Crippen LogP contribution in [0.25, 0.3) is 0 Å². The van der Waals surface area contributed by atoms with E-state index in [0.717, 1.165) is 12.8 Å². The first-order chi connectivity index (χ1) is 14.6. The van der Waals surface area contributed by atoms with Crippen LogP contribution in [0, 0.1) is 5.92 Å². The van der Waals surface area contributed by atoms with Gasteiger partial charge in [-0.05, 0) is 56.5 Å². The number of nitrogens with one attached hydrogen (secondary N) is 3. The molecular weight excluding hydrogens is 382 g/mol. The zero-order valence-corrected chi connectivity index (χ0v) is 17.1. The first kappa shape index (κ1) is 21.4. The molecule has 158 valence electrons. The quantitative estimate of drug-likeness (QED) is 0.523. The second kappa shape index (κ2) is 10.4. The molecule has 2 aromatic carbocycles. The number of hydrogen-bond donors (Lipinski definition) is 3. The number of benzene rings is 2. The summed E-state index contributed by atoms with van der Waals surface area (Å²) in [4.78, 5) is 36.4. The zero-order valence-electron chi connectivity index (χ0n) is 17.1. The molecule has 0 unspecified atom stereocenters. The van der Waals surface area contributed by atoms with Gasteiger partial charge in [0.2, 0.25) is 11.8 Å². The van der Waals surface area contributed by atoms with Gasteiger partial charge in [0.25, 0.3) is 5.91 Å². The average molecular weight is 409 g/mol. The highest BCUT2D eigenvalue weighted by Gasteiger charge is 2.29. The van der Waals surface area contributed by atoms with E-state index in [-0.39, 0.29) is 30.1 Å². The van der Waals surface area contributed by atoms with E-state index in [2.05, 4.69) is 16.0 Å². The number of hydrogen-bond acceptors (Lipinski definition) is 4. The van der Waals surface area contributed by atoms with Crippen LogP contribution in [-0.2, 0) is 9.59 Å². The lowest BCUT2D eigenvalue weighted by atomic mass is 10.2. The van der Waals surface area contributed by atoms with E-state index >= 15 is 0 Å². The van der Waals surface area contributed by atoms with Crippen molar-refractivity contribution in [3.8, 4) is 5.75 Å². The second-order valence-electron chi connectivity index (χ2n) is 7.18. The van der Waals surface area contributed by atoms with Crippen molar-refractivity contribution in [1.82, 2.24) is 5.32 Å². The maximum atomic E-state index is 12.3. The summed E-state index contributed by atoms with van der Waals surface area (Å²) in [6.45, 7) is 2.73. The summed E-state index contributed by atoms with van der Waals surface area (Å²) in [5, 5.41) is 8.50. The highest BCUT2D eigenvalue weighted by molar-refractivity contribution is 5.97. The number of carbonyl (C=O) groups excluding carboxylic acids is 3. The summed E-state index contributed by atoms with van der Waals surface area (Å²) < 4.78 is 5.47. The summed E-state index contributed by atoms with van der Waals surface area (Å²) >= 11 is 0. The fourth-order valence-corrected chi connectivity index (χ4v) is 2.97. The Morgan fingerprint density at radius 3 is 2.47 bits per heavy atom. The lowest BCUT2D eigenvalue weighted by Crippen LogP contribution is -2.26. The Labute approximate surface area is 176 Å². The van der Waals surface area contributed by atoms with Gasteiger partial charge in [0.1, 0.15) is 5.75 Å². The normalized spacial score (nSPS) is 12.7. The molecule has 0 spiro atoms. The lowest BCUT2D eigenvalue weighted by Gasteiger charge is -2.11. The predicted octanol–water partition coefficient (Wildman–Crippen LogP) is 3.58. The standard InChI is InChI=1S/C23H27N3O4/c1-2-30-20-10-4-3-9-19(20)23(29)24-14-6-11-21(27)25-17-7-5-8-18(15-17)26-22(28)16-12-13-16/h3-5,7-10,15-16H,2,6,11-14H2,1H3,(H,24,29)(H,25,27)(H,26,28). The van der Waals surface area contributed by atoms with Gasteiger partial charge in [0.05, 0.1) is 12.2 Å². The maximum Gasteiger partial charge on any atom is 0.255 e. The Kier molecular flexibility index (Phi) is 7.43. The van der Waals surface area contributed by atoms with Crippen molar-refractivity contribution in [2.45, 2.75) is 32.6 Å². The SMILES string of the molecule is CCOc1ccccc1C(=O)NCCCC(=O)Nc1cccc(NC(=O)C2CC2)c1. The zero-order chi connectivity index (χ0) is 21.3. The first-order valence-corrected chi connectivity index (χ1v) is 10.3. The fraction of sp³-hybridized carbons (Fsp3) is 0.348. The molecule has 1 fully saturated rings. The third-order valence-corrected chi connectivity index (χ3v) is 4.66. The number of ether oxygens (including phenoxy) is 1. The Morgan fingerprint density at radius 1 is 1.00 bits per heavy atom. The van der Waals surface area contributed by atoms with E-state index in [1.807, 2.05) is 13.0 Å². The molecule has 0 bridgehead atoms. The largest absolute Gasteiger partial charge is 0.493 e. The van der Waals surface area contributed by atoms with Crippen molar-refractivity contribution < 1.29 is 19.1 Å². The van der Waals surface area contributed by atoms with Crippen LogP contribution in [0.3, 0.4) is 0 Å². The highest BCUT2D eigenvalue weighted by Crippen LogP contribution is 2.30. The molecule has 3 rings (SSSR count). The molecule has 0 radical (unpaired) electrons. The number of rotatable bonds is 10. The van der Waals surface area contributed by atoms with E-state index < -0.39 is 0 Å². The van der Waals surface area contributed by atoms with Crippen LogP contribution in [0.1, 0.15) is 43.0 Å². The molecular formula is C23H27N3O4. The van der Waals surface area contributed by atoms with Crippen molar-refractivity contribution in [2.24, 2.45) is 5.92 Å². The molecule has 7 nitrogen and oxygen atoms in total. The molecule has 1 aliphatic rings. The van der Waals surface area contributed by atoms with Gasteiger partial charge < -0.3 is 20.7 Å². The molecule has 3 amide bonds. The number of amides is 3. The van der Waals surface area contributed by atoms with E-state index in [1.165, 1.54) is 0 Å². The van der Waals surface area contributed by atoms with Crippen LogP contribution in [0.2, 0.25) is 0 Å². The van der Waals surface area contributed by atoms with Crippen LogP contribution < -0.4 is 20.7 Å². The summed E-state index contributed by atoms with van der Waals surface area (Å²) in [5.74, 6) is 0.325. The molecule has 0 heterocycles. The molecule has 3 N–H and O–H groups in total. The number of carbonyl (C=O) groups is 3. The van der Waals surface area contributed by atoms with Crippen LogP contribution >= 0.6 is 0 Å². The Balaban J connectivity index is 1.41. The fourth-order valence-electron chi connectivity index (χ4n) is 2.97. The minimum absolute atomic E-state index is 0.0279. The molecule has 0 atom stereocenters. The van der Waals surface area contributed by atoms with Gasteiger partial charge in [-0.15, -0.1) is 0 Å². The Bertz CT molecular complexity index is 909. The van der Waals surface area contributed by atoms with Crippen LogP contribution in [0.15, 0.2) is 48.5 Å². The third-order valence-electron chi connectivity index (χ3n) is 4.66. The van der Waals surface area contributed by atoms with E-state index in [4.69, 9.17) is 4.74 Å². The van der Waals surface area contributed by atoms with Crippen molar-refractivity contribution >= 4 is 29.1 Å². The predicted molar refractivity (Wildman–Crippen MR) is 116 cm³/mol. The van der Waals surface area contributed by atoms with Gasteiger partial charge in [0.15, 0.2) is 0 Å². The smallest absolute Gasteiger partial charge is 0.255 e. The number of anilines is 2. The monoisotopic (exact) mass is 409 g/mol. The third kappa shape index (κ3) is 6.34. The molecule has 1 saturated carbocycles. The van der Waals surface area contributed by atoms with E-state index in [9.17, 15) is 14.4 Å². The van der Waals surface area contributed by atoms with E-state index in [1.54, 1.807) is 42.5 Å². The van der Waals surface area contributed by atoms with Crippen molar-refractivity contribution in [3.63, 3.8) is 0 Å². The minimum Gasteiger partial charge on any atom is -0.493 e. The maximum absolute atomic E-state index is 12.3. The summed E-state index contributed by atoms with van der Waals surface area (Å²) in [6, 6.07) is 14.2. The number of para-hydroxylation sites is 1. The van der Waals surface area contributed by atoms with Gasteiger partial charge in [0, 0.05) is 30.3 Å². The van der Waals surface area contributed by atoms with Gasteiger partial charge in [-0.1, -0.05) is 18.2 Å². The molecule has 0 aliphatic heterocycles. The molecule has 0 aromatic heterocycles. The van der Waals surface area contributed by atoms with Crippen molar-refractivity contribution in [1.29, 1.82) is 0 Å². The molecule has 7 heteroatoms. The Morgan fingerprint density at radius 2 is 1.73 bits per heavy atom. The van der Waals surface area contributed by atoms with Crippen LogP contribution in [-0.4, -0.2) is 30.9 Å². The van der Waals surface area contributed by atoms with Gasteiger partial charge in [-0.2, -0.15) is 0 Å². The lowest BCUT2D eigenvalue weighted by molar-refractivity contribution is -0.117. The highest BCUT2D eigenvalue weighted by atomic mass is 16.5. The van der Waals surface area contributed by atoms with Gasteiger partial charge >= 0.3 is 0 Å². The topological polar surface area (TPSA) is 96.5 Å². The average Bonchev–Trinajstić information content (AvgIpc) is 3.57. The molecule has 30 heavy (non-hydrogen) atoms. The van der Waals surface area contributed by atoms with Gasteiger partial charge in [-0.3, -0.25) is 14.4 Å². The van der Waals surface area contributed by atoms with Crippen molar-refractivity contribution in [2.75, 3.05) is 23.8 Å². The Hall–Kier alpha value is -3.35. The molecule has 2 aromatic rings. The van der Waals surface area contributed by atoms with Crippen LogP contribution in [0.4, 0.5) is 11.4 Å². The van der Waals surface area contributed by atoms with Crippen LogP contribution in [0.5, 0.6) is 5.75 Å².